The van der Waals surface area contributed by atoms with Gasteiger partial charge in [0.2, 0.25) is 0 Å². The summed E-state index contributed by atoms with van der Waals surface area (Å²) in [5.41, 5.74) is 5.32. The third-order valence-corrected chi connectivity index (χ3v) is 8.27. The molecule has 0 spiro atoms. The third-order valence-electron chi connectivity index (χ3n) is 8.27. The van der Waals surface area contributed by atoms with E-state index < -0.39 is 0 Å². The van der Waals surface area contributed by atoms with Crippen LogP contribution in [0.15, 0.2) is 29.1 Å². The first-order chi connectivity index (χ1) is 14.1. The van der Waals surface area contributed by atoms with Gasteiger partial charge in [-0.15, -0.1) is 0 Å². The predicted molar refractivity (Wildman–Crippen MR) is 111 cm³/mol. The molecule has 2 bridgehead atoms. The Labute approximate surface area is 171 Å². The Bertz CT molecular complexity index is 974. The lowest BCUT2D eigenvalue weighted by molar-refractivity contribution is -0.127. The molecular weight excluding hydrogens is 362 g/mol. The highest BCUT2D eigenvalue weighted by atomic mass is 16.3. The number of rotatable bonds is 3. The average Bonchev–Trinajstić information content (AvgIpc) is 3.35. The fraction of sp³-hybridized carbons (Fsp3) is 0.560. The van der Waals surface area contributed by atoms with Gasteiger partial charge in [-0.2, -0.15) is 0 Å². The molecule has 4 nitrogen and oxygen atoms in total. The number of carbonyl (C=O) groups excluding carboxylic acids is 1. The van der Waals surface area contributed by atoms with Gasteiger partial charge in [0.15, 0.2) is 0 Å². The molecule has 3 aliphatic carbocycles. The van der Waals surface area contributed by atoms with Gasteiger partial charge < -0.3 is 9.52 Å². The van der Waals surface area contributed by atoms with Crippen LogP contribution in [0.3, 0.4) is 0 Å². The largest absolute Gasteiger partial charge is 0.507 e. The van der Waals surface area contributed by atoms with Crippen molar-refractivity contribution in [2.75, 3.05) is 13.1 Å². The van der Waals surface area contributed by atoms with Gasteiger partial charge >= 0.3 is 0 Å². The molecule has 1 aromatic carbocycles. The number of Topliss-reactive ketones (excluding diaryl/α,β-unsaturated/α-hetero) is 1. The number of piperidine rings is 1. The summed E-state index contributed by atoms with van der Waals surface area (Å²) >= 11 is 0. The second-order valence-electron chi connectivity index (χ2n) is 9.93. The van der Waals surface area contributed by atoms with Crippen molar-refractivity contribution < 1.29 is 14.3 Å². The van der Waals surface area contributed by atoms with Crippen LogP contribution in [0.1, 0.15) is 55.2 Å². The summed E-state index contributed by atoms with van der Waals surface area (Å²) in [5.74, 6) is 2.15. The van der Waals surface area contributed by atoms with Crippen LogP contribution in [0.25, 0.3) is 11.1 Å². The summed E-state index contributed by atoms with van der Waals surface area (Å²) in [6.07, 6.45) is 10.5. The molecule has 2 aromatic rings. The van der Waals surface area contributed by atoms with Gasteiger partial charge in [0, 0.05) is 42.0 Å². The quantitative estimate of drug-likeness (QED) is 0.830. The Hall–Kier alpha value is -2.07. The highest BCUT2D eigenvalue weighted by Crippen LogP contribution is 2.59. The molecule has 3 fully saturated rings. The van der Waals surface area contributed by atoms with E-state index in [1.807, 2.05) is 13.0 Å². The van der Waals surface area contributed by atoms with E-state index >= 15 is 0 Å². The van der Waals surface area contributed by atoms with Crippen LogP contribution in [0.2, 0.25) is 0 Å². The maximum absolute atomic E-state index is 12.7. The first-order valence-electron chi connectivity index (χ1n) is 11.2. The molecule has 1 saturated heterocycles. The zero-order valence-electron chi connectivity index (χ0n) is 17.1. The zero-order valence-corrected chi connectivity index (χ0v) is 17.1. The smallest absolute Gasteiger partial charge is 0.133 e. The summed E-state index contributed by atoms with van der Waals surface area (Å²) in [6.45, 7) is 4.25. The van der Waals surface area contributed by atoms with Crippen molar-refractivity contribution in [1.82, 2.24) is 4.90 Å². The highest BCUT2D eigenvalue weighted by Gasteiger charge is 2.57. The fourth-order valence-corrected chi connectivity index (χ4v) is 6.77. The molecule has 1 aliphatic heterocycles. The van der Waals surface area contributed by atoms with E-state index in [-0.39, 0.29) is 5.41 Å². The average molecular weight is 392 g/mol. The minimum atomic E-state index is -0.192. The molecule has 6 rings (SSSR count). The molecule has 4 heteroatoms. The van der Waals surface area contributed by atoms with Crippen LogP contribution in [-0.4, -0.2) is 34.9 Å². The number of furan rings is 1. The number of likely N-dealkylation sites (tertiary alicyclic amines) is 1. The summed E-state index contributed by atoms with van der Waals surface area (Å²) < 4.78 is 5.40. The maximum atomic E-state index is 12.7. The predicted octanol–water partition coefficient (Wildman–Crippen LogP) is 4.61. The number of ketones is 1. The lowest BCUT2D eigenvalue weighted by atomic mass is 9.51. The molecule has 3 atom stereocenters. The Morgan fingerprint density at radius 3 is 2.93 bits per heavy atom. The Morgan fingerprint density at radius 2 is 2.17 bits per heavy atom. The van der Waals surface area contributed by atoms with Gasteiger partial charge in [0.05, 0.1) is 12.5 Å². The van der Waals surface area contributed by atoms with Gasteiger partial charge in [-0.05, 0) is 86.2 Å². The molecule has 152 valence electrons. The molecule has 1 aromatic heterocycles. The van der Waals surface area contributed by atoms with E-state index in [0.29, 0.717) is 36.3 Å². The molecule has 29 heavy (non-hydrogen) atoms. The van der Waals surface area contributed by atoms with Crippen molar-refractivity contribution in [2.24, 2.45) is 11.8 Å². The third kappa shape index (κ3) is 2.58. The Morgan fingerprint density at radius 1 is 1.31 bits per heavy atom. The van der Waals surface area contributed by atoms with Crippen molar-refractivity contribution in [2.45, 2.75) is 63.3 Å². The van der Waals surface area contributed by atoms with Gasteiger partial charge in [-0.25, -0.2) is 0 Å². The van der Waals surface area contributed by atoms with E-state index in [2.05, 4.69) is 11.0 Å². The number of carbonyl (C=O) groups is 1. The second-order valence-corrected chi connectivity index (χ2v) is 9.93. The van der Waals surface area contributed by atoms with Crippen LogP contribution in [0.5, 0.6) is 5.75 Å². The van der Waals surface area contributed by atoms with Gasteiger partial charge in [-0.1, -0.05) is 0 Å². The van der Waals surface area contributed by atoms with Gasteiger partial charge in [-0.3, -0.25) is 9.69 Å². The van der Waals surface area contributed by atoms with Crippen molar-refractivity contribution in [3.8, 4) is 16.9 Å². The molecule has 2 unspecified atom stereocenters. The van der Waals surface area contributed by atoms with Crippen molar-refractivity contribution in [3.63, 3.8) is 0 Å². The molecule has 0 radical (unpaired) electrons. The number of phenols is 1. The minimum Gasteiger partial charge on any atom is -0.507 e. The first-order valence-corrected chi connectivity index (χ1v) is 11.2. The van der Waals surface area contributed by atoms with E-state index in [1.54, 1.807) is 12.5 Å². The van der Waals surface area contributed by atoms with E-state index in [1.165, 1.54) is 30.5 Å². The highest BCUT2D eigenvalue weighted by molar-refractivity contribution is 5.83. The van der Waals surface area contributed by atoms with Crippen LogP contribution < -0.4 is 0 Å². The van der Waals surface area contributed by atoms with E-state index in [4.69, 9.17) is 4.42 Å². The maximum Gasteiger partial charge on any atom is 0.133 e. The van der Waals surface area contributed by atoms with Crippen molar-refractivity contribution in [1.29, 1.82) is 0 Å². The number of hydrogen-bond donors (Lipinski definition) is 1. The Balaban J connectivity index is 1.56. The standard InChI is InChI=1S/C25H29NO3/c1-15-10-19(17-6-9-29-14-17)20-11-22-21-5-4-18(27)12-25(21,23(20)24(15)28)7-8-26(22)13-16-2-3-16/h6,9-10,14,16,21-22,28H,2-5,7-8,11-13H2,1H3/t21?,22?,25-/m1/s1. The molecule has 0 amide bonds. The van der Waals surface area contributed by atoms with Crippen LogP contribution >= 0.6 is 0 Å². The van der Waals surface area contributed by atoms with Crippen LogP contribution in [0.4, 0.5) is 0 Å². The van der Waals surface area contributed by atoms with E-state index in [0.717, 1.165) is 48.4 Å². The zero-order chi connectivity index (χ0) is 19.8. The van der Waals surface area contributed by atoms with Crippen molar-refractivity contribution in [3.05, 3.63) is 41.3 Å². The summed E-state index contributed by atoms with van der Waals surface area (Å²) in [5, 5.41) is 11.3. The molecule has 1 N–H and O–H groups in total. The topological polar surface area (TPSA) is 53.7 Å². The number of phenolic OH excluding ortho intramolecular Hbond substituents is 1. The number of hydrogen-bond acceptors (Lipinski definition) is 4. The number of benzene rings is 1. The molecule has 4 aliphatic rings. The summed E-state index contributed by atoms with van der Waals surface area (Å²) in [4.78, 5) is 15.4. The Kier molecular flexibility index (Phi) is 3.80. The van der Waals surface area contributed by atoms with Crippen molar-refractivity contribution >= 4 is 5.78 Å². The lowest BCUT2D eigenvalue weighted by Gasteiger charge is -2.59. The monoisotopic (exact) mass is 391 g/mol. The van der Waals surface area contributed by atoms with Crippen LogP contribution in [0, 0.1) is 18.8 Å². The lowest BCUT2D eigenvalue weighted by Crippen LogP contribution is -2.62. The molecule has 2 saturated carbocycles. The summed E-state index contributed by atoms with van der Waals surface area (Å²) in [7, 11) is 0. The SMILES string of the molecule is Cc1cc(-c2ccoc2)c2c(c1O)[C@@]13CCN(CC4CC4)C(C2)C1CCC(=O)C3. The first kappa shape index (κ1) is 17.8. The van der Waals surface area contributed by atoms with Gasteiger partial charge in [0.1, 0.15) is 11.5 Å². The summed E-state index contributed by atoms with van der Waals surface area (Å²) in [6, 6.07) is 4.61. The molecular formula is C25H29NO3. The molecule has 2 heterocycles. The number of aromatic hydroxyl groups is 1. The van der Waals surface area contributed by atoms with E-state index in [9.17, 15) is 9.90 Å². The number of nitrogens with zero attached hydrogens (tertiary/aromatic N) is 1. The number of aryl methyl sites for hydroxylation is 1. The fourth-order valence-electron chi connectivity index (χ4n) is 6.77. The van der Waals surface area contributed by atoms with Gasteiger partial charge in [0.25, 0.3) is 0 Å². The minimum absolute atomic E-state index is 0.192. The number of fused-ring (bicyclic) bond motifs is 1. The normalized spacial score (nSPS) is 31.4. The van der Waals surface area contributed by atoms with Crippen LogP contribution in [-0.2, 0) is 16.6 Å². The second kappa shape index (κ2) is 6.21.